The van der Waals surface area contributed by atoms with E-state index in [1.54, 1.807) is 21.3 Å². The van der Waals surface area contributed by atoms with Crippen molar-refractivity contribution in [2.45, 2.75) is 24.9 Å². The van der Waals surface area contributed by atoms with Crippen LogP contribution in [0.25, 0.3) is 0 Å². The molecule has 6 heteroatoms. The Bertz CT molecular complexity index is 807. The number of aliphatic carboxylic acids is 1. The van der Waals surface area contributed by atoms with Gasteiger partial charge < -0.3 is 19.3 Å². The minimum absolute atomic E-state index is 0.260. The van der Waals surface area contributed by atoms with Gasteiger partial charge in [0.25, 0.3) is 0 Å². The molecule has 0 aromatic heterocycles. The predicted octanol–water partition coefficient (Wildman–Crippen LogP) is 3.35. The number of nitrogens with zero attached hydrogens (tertiary/aromatic N) is 1. The third-order valence-electron chi connectivity index (χ3n) is 5.06. The summed E-state index contributed by atoms with van der Waals surface area (Å²) in [7, 11) is 4.84. The molecular formula is C21H25NO5. The molecule has 2 aromatic rings. The lowest BCUT2D eigenvalue weighted by atomic mass is 9.95. The van der Waals surface area contributed by atoms with E-state index in [0.717, 1.165) is 23.3 Å². The largest absolute Gasteiger partial charge is 0.497 e. The lowest BCUT2D eigenvalue weighted by molar-refractivity contribution is -0.142. The van der Waals surface area contributed by atoms with Gasteiger partial charge in [0.1, 0.15) is 23.3 Å². The molecule has 0 aliphatic carbocycles. The van der Waals surface area contributed by atoms with Gasteiger partial charge in [0, 0.05) is 18.2 Å². The minimum atomic E-state index is -0.798. The molecule has 2 atom stereocenters. The maximum absolute atomic E-state index is 11.8. The summed E-state index contributed by atoms with van der Waals surface area (Å²) in [5.74, 6) is 1.29. The van der Waals surface area contributed by atoms with Crippen LogP contribution in [0.1, 0.15) is 30.0 Å². The number of ether oxygens (including phenoxy) is 3. The molecule has 2 unspecified atom stereocenters. The van der Waals surface area contributed by atoms with Crippen molar-refractivity contribution in [3.8, 4) is 17.2 Å². The van der Waals surface area contributed by atoms with Crippen molar-refractivity contribution in [2.24, 2.45) is 0 Å². The average molecular weight is 371 g/mol. The van der Waals surface area contributed by atoms with E-state index in [2.05, 4.69) is 0 Å². The average Bonchev–Trinajstić information content (AvgIpc) is 3.18. The first-order chi connectivity index (χ1) is 13.1. The maximum atomic E-state index is 11.8. The number of methoxy groups -OCH3 is 3. The van der Waals surface area contributed by atoms with E-state index in [0.29, 0.717) is 24.5 Å². The maximum Gasteiger partial charge on any atom is 0.320 e. The van der Waals surface area contributed by atoms with Crippen LogP contribution < -0.4 is 14.2 Å². The molecule has 0 spiro atoms. The number of carbonyl (C=O) groups is 1. The summed E-state index contributed by atoms with van der Waals surface area (Å²) in [6, 6.07) is 12.6. The van der Waals surface area contributed by atoms with Gasteiger partial charge in [-0.25, -0.2) is 0 Å². The Morgan fingerprint density at radius 1 is 1.07 bits per heavy atom. The second-order valence-corrected chi connectivity index (χ2v) is 6.52. The normalized spacial score (nSPS) is 18.1. The van der Waals surface area contributed by atoms with Gasteiger partial charge in [-0.1, -0.05) is 12.1 Å². The van der Waals surface area contributed by atoms with E-state index in [1.807, 2.05) is 47.4 Å². The van der Waals surface area contributed by atoms with Crippen molar-refractivity contribution in [3.63, 3.8) is 0 Å². The van der Waals surface area contributed by atoms with E-state index in [9.17, 15) is 9.90 Å². The number of hydrogen-bond acceptors (Lipinski definition) is 5. The third-order valence-corrected chi connectivity index (χ3v) is 5.06. The van der Waals surface area contributed by atoms with Crippen LogP contribution in [-0.2, 0) is 4.79 Å². The molecule has 6 nitrogen and oxygen atoms in total. The van der Waals surface area contributed by atoms with Crippen molar-refractivity contribution >= 4 is 5.97 Å². The highest BCUT2D eigenvalue weighted by Crippen LogP contribution is 2.41. The summed E-state index contributed by atoms with van der Waals surface area (Å²) in [6.45, 7) is 0.702. The molecule has 27 heavy (non-hydrogen) atoms. The SMILES string of the molecule is COc1cccc(C(c2ccc(OC)cc2OC)N2CCCC2C(=O)O)c1. The zero-order valence-corrected chi connectivity index (χ0v) is 15.8. The lowest BCUT2D eigenvalue weighted by Crippen LogP contribution is -2.39. The Kier molecular flexibility index (Phi) is 5.86. The Hall–Kier alpha value is -2.73. The first-order valence-electron chi connectivity index (χ1n) is 8.93. The molecule has 3 rings (SSSR count). The molecule has 1 aliphatic rings. The second-order valence-electron chi connectivity index (χ2n) is 6.52. The highest BCUT2D eigenvalue weighted by Gasteiger charge is 2.38. The van der Waals surface area contributed by atoms with Crippen molar-refractivity contribution in [1.82, 2.24) is 4.90 Å². The zero-order chi connectivity index (χ0) is 19.4. The fourth-order valence-electron chi connectivity index (χ4n) is 3.77. The molecule has 0 saturated carbocycles. The molecule has 1 fully saturated rings. The zero-order valence-electron chi connectivity index (χ0n) is 15.8. The van der Waals surface area contributed by atoms with E-state index in [1.165, 1.54) is 0 Å². The Labute approximate surface area is 159 Å². The van der Waals surface area contributed by atoms with E-state index in [4.69, 9.17) is 14.2 Å². The molecule has 0 bridgehead atoms. The van der Waals surface area contributed by atoms with Crippen LogP contribution in [0.15, 0.2) is 42.5 Å². The van der Waals surface area contributed by atoms with E-state index >= 15 is 0 Å². The van der Waals surface area contributed by atoms with Crippen LogP contribution in [0.3, 0.4) is 0 Å². The van der Waals surface area contributed by atoms with Crippen LogP contribution in [0, 0.1) is 0 Å². The van der Waals surface area contributed by atoms with Crippen LogP contribution in [0.4, 0.5) is 0 Å². The van der Waals surface area contributed by atoms with Gasteiger partial charge in [0.2, 0.25) is 0 Å². The summed E-state index contributed by atoms with van der Waals surface area (Å²) in [5, 5.41) is 9.72. The molecular weight excluding hydrogens is 346 g/mol. The highest BCUT2D eigenvalue weighted by molar-refractivity contribution is 5.74. The minimum Gasteiger partial charge on any atom is -0.497 e. The Balaban J connectivity index is 2.14. The monoisotopic (exact) mass is 371 g/mol. The predicted molar refractivity (Wildman–Crippen MR) is 102 cm³/mol. The van der Waals surface area contributed by atoms with E-state index in [-0.39, 0.29) is 6.04 Å². The van der Waals surface area contributed by atoms with Crippen LogP contribution in [0.5, 0.6) is 17.2 Å². The third kappa shape index (κ3) is 3.85. The standard InChI is InChI=1S/C21H25NO5/c1-25-15-7-4-6-14(12-15)20(22-11-5-8-18(22)21(23)24)17-10-9-16(26-2)13-19(17)27-3/h4,6-7,9-10,12-13,18,20H,5,8,11H2,1-3H3,(H,23,24). The molecule has 1 aliphatic heterocycles. The topological polar surface area (TPSA) is 68.2 Å². The van der Waals surface area contributed by atoms with Gasteiger partial charge in [-0.05, 0) is 42.7 Å². The van der Waals surface area contributed by atoms with Crippen molar-refractivity contribution in [1.29, 1.82) is 0 Å². The quantitative estimate of drug-likeness (QED) is 0.805. The first kappa shape index (κ1) is 19.0. The number of rotatable bonds is 7. The second kappa shape index (κ2) is 8.31. The van der Waals surface area contributed by atoms with Gasteiger partial charge in [0.05, 0.1) is 27.4 Å². The fourth-order valence-corrected chi connectivity index (χ4v) is 3.77. The van der Waals surface area contributed by atoms with Crippen LogP contribution in [0.2, 0.25) is 0 Å². The smallest absolute Gasteiger partial charge is 0.320 e. The van der Waals surface area contributed by atoms with Crippen LogP contribution >= 0.6 is 0 Å². The molecule has 2 aromatic carbocycles. The first-order valence-corrected chi connectivity index (χ1v) is 8.93. The number of hydrogen-bond donors (Lipinski definition) is 1. The van der Waals surface area contributed by atoms with E-state index < -0.39 is 12.0 Å². The molecule has 0 amide bonds. The molecule has 1 saturated heterocycles. The van der Waals surface area contributed by atoms with Crippen LogP contribution in [-0.4, -0.2) is 49.9 Å². The number of benzene rings is 2. The molecule has 1 N–H and O–H groups in total. The Morgan fingerprint density at radius 3 is 2.48 bits per heavy atom. The summed E-state index contributed by atoms with van der Waals surface area (Å²) >= 11 is 0. The van der Waals surface area contributed by atoms with Gasteiger partial charge >= 0.3 is 5.97 Å². The summed E-state index contributed by atoms with van der Waals surface area (Å²) in [6.07, 6.45) is 1.48. The van der Waals surface area contributed by atoms with Crippen molar-refractivity contribution in [2.75, 3.05) is 27.9 Å². The lowest BCUT2D eigenvalue weighted by Gasteiger charge is -2.33. The van der Waals surface area contributed by atoms with Crippen molar-refractivity contribution < 1.29 is 24.1 Å². The summed E-state index contributed by atoms with van der Waals surface area (Å²) < 4.78 is 16.3. The van der Waals surface area contributed by atoms with Gasteiger partial charge in [-0.3, -0.25) is 9.69 Å². The fraction of sp³-hybridized carbons (Fsp3) is 0.381. The van der Waals surface area contributed by atoms with Gasteiger partial charge in [0.15, 0.2) is 0 Å². The molecule has 1 heterocycles. The van der Waals surface area contributed by atoms with Crippen molar-refractivity contribution in [3.05, 3.63) is 53.6 Å². The van der Waals surface area contributed by atoms with Gasteiger partial charge in [-0.15, -0.1) is 0 Å². The Morgan fingerprint density at radius 2 is 1.81 bits per heavy atom. The summed E-state index contributed by atoms with van der Waals surface area (Å²) in [4.78, 5) is 13.9. The molecule has 0 radical (unpaired) electrons. The highest BCUT2D eigenvalue weighted by atomic mass is 16.5. The summed E-state index contributed by atoms with van der Waals surface area (Å²) in [5.41, 5.74) is 1.87. The number of likely N-dealkylation sites (tertiary alicyclic amines) is 1. The van der Waals surface area contributed by atoms with Gasteiger partial charge in [-0.2, -0.15) is 0 Å². The molecule has 144 valence electrons. The number of carboxylic acid groups (broad SMARTS) is 1. The number of carboxylic acids is 1.